The molecule has 90 valence electrons. The Morgan fingerprint density at radius 3 is 2.62 bits per heavy atom. The molecule has 2 unspecified atom stereocenters. The smallest absolute Gasteiger partial charge is 0.332 e. The second kappa shape index (κ2) is 4.93. The van der Waals surface area contributed by atoms with E-state index < -0.39 is 12.1 Å². The van der Waals surface area contributed by atoms with Gasteiger partial charge >= 0.3 is 5.97 Å². The van der Waals surface area contributed by atoms with Crippen LogP contribution in [0.25, 0.3) is 0 Å². The summed E-state index contributed by atoms with van der Waals surface area (Å²) < 4.78 is 5.43. The lowest BCUT2D eigenvalue weighted by atomic mass is 10.1. The van der Waals surface area contributed by atoms with Crippen molar-refractivity contribution >= 4 is 11.8 Å². The van der Waals surface area contributed by atoms with E-state index >= 15 is 0 Å². The first-order valence-electron chi connectivity index (χ1n) is 5.77. The van der Waals surface area contributed by atoms with E-state index in [-0.39, 0.29) is 6.10 Å². The molecule has 0 aromatic heterocycles. The van der Waals surface area contributed by atoms with Gasteiger partial charge in [-0.25, -0.2) is 4.79 Å². The maximum absolute atomic E-state index is 11.1. The minimum Gasteiger partial charge on any atom is -0.479 e. The third-order valence-corrected chi connectivity index (χ3v) is 3.26. The third kappa shape index (κ3) is 2.80. The highest BCUT2D eigenvalue weighted by Gasteiger charge is 2.31. The predicted octanol–water partition coefficient (Wildman–Crippen LogP) is 0.283. The van der Waals surface area contributed by atoms with Crippen LogP contribution in [0.5, 0.6) is 0 Å². The number of ketones is 1. The quantitative estimate of drug-likeness (QED) is 0.750. The number of carbonyl (C=O) groups excluding carboxylic acids is 1. The van der Waals surface area contributed by atoms with Crippen LogP contribution in [0.3, 0.4) is 0 Å². The average molecular weight is 227 g/mol. The van der Waals surface area contributed by atoms with Crippen LogP contribution in [0.2, 0.25) is 0 Å². The van der Waals surface area contributed by atoms with Crippen LogP contribution in [0, 0.1) is 0 Å². The van der Waals surface area contributed by atoms with E-state index in [2.05, 4.69) is 4.90 Å². The third-order valence-electron chi connectivity index (χ3n) is 3.26. The second-order valence-corrected chi connectivity index (χ2v) is 4.50. The van der Waals surface area contributed by atoms with Gasteiger partial charge in [-0.2, -0.15) is 0 Å². The number of rotatable bonds is 3. The highest BCUT2D eigenvalue weighted by Crippen LogP contribution is 2.21. The molecule has 5 heteroatoms. The van der Waals surface area contributed by atoms with Crippen molar-refractivity contribution in [1.29, 1.82) is 0 Å². The zero-order chi connectivity index (χ0) is 11.5. The molecular formula is C11H17NO4. The summed E-state index contributed by atoms with van der Waals surface area (Å²) in [5.41, 5.74) is 0. The Morgan fingerprint density at radius 2 is 2.06 bits per heavy atom. The zero-order valence-corrected chi connectivity index (χ0v) is 9.22. The number of ether oxygens (including phenoxy) is 1. The van der Waals surface area contributed by atoms with Gasteiger partial charge in [-0.1, -0.05) is 0 Å². The Hall–Kier alpha value is -0.940. The van der Waals surface area contributed by atoms with Crippen LogP contribution in [-0.4, -0.2) is 53.6 Å². The zero-order valence-electron chi connectivity index (χ0n) is 9.22. The second-order valence-electron chi connectivity index (χ2n) is 4.50. The standard InChI is InChI=1S/C11H17NO4/c13-8-3-5-12(6-4-8)7-9-1-2-10(16-9)11(14)15/h9-10H,1-7H2,(H,14,15). The Labute approximate surface area is 94.4 Å². The molecule has 2 saturated heterocycles. The highest BCUT2D eigenvalue weighted by atomic mass is 16.5. The van der Waals surface area contributed by atoms with Crippen LogP contribution in [0.15, 0.2) is 0 Å². The number of likely N-dealkylation sites (tertiary alicyclic amines) is 1. The van der Waals surface area contributed by atoms with Gasteiger partial charge in [0, 0.05) is 32.5 Å². The van der Waals surface area contributed by atoms with E-state index in [9.17, 15) is 9.59 Å². The Balaban J connectivity index is 1.74. The number of nitrogens with zero attached hydrogens (tertiary/aromatic N) is 1. The number of hydrogen-bond acceptors (Lipinski definition) is 4. The lowest BCUT2D eigenvalue weighted by Gasteiger charge is -2.28. The molecule has 2 aliphatic heterocycles. The van der Waals surface area contributed by atoms with Gasteiger partial charge in [0.05, 0.1) is 6.10 Å². The highest BCUT2D eigenvalue weighted by molar-refractivity contribution is 5.79. The fourth-order valence-electron chi connectivity index (χ4n) is 2.29. The Bertz CT molecular complexity index is 282. The first-order chi connectivity index (χ1) is 7.65. The van der Waals surface area contributed by atoms with Crippen LogP contribution in [-0.2, 0) is 14.3 Å². The van der Waals surface area contributed by atoms with Crippen molar-refractivity contribution in [2.75, 3.05) is 19.6 Å². The van der Waals surface area contributed by atoms with Gasteiger partial charge < -0.3 is 9.84 Å². The summed E-state index contributed by atoms with van der Waals surface area (Å²) in [5, 5.41) is 8.79. The SMILES string of the molecule is O=C1CCN(CC2CCC(C(=O)O)O2)CC1. The molecule has 2 rings (SSSR count). The van der Waals surface area contributed by atoms with E-state index in [1.807, 2.05) is 0 Å². The van der Waals surface area contributed by atoms with E-state index in [0.717, 1.165) is 26.1 Å². The van der Waals surface area contributed by atoms with Crippen LogP contribution < -0.4 is 0 Å². The molecule has 2 aliphatic rings. The van der Waals surface area contributed by atoms with Crippen molar-refractivity contribution < 1.29 is 19.4 Å². The number of hydrogen-bond donors (Lipinski definition) is 1. The van der Waals surface area contributed by atoms with Gasteiger partial charge in [-0.05, 0) is 12.8 Å². The molecule has 0 aromatic rings. The number of Topliss-reactive ketones (excluding diaryl/α,β-unsaturated/α-hetero) is 1. The van der Waals surface area contributed by atoms with Crippen LogP contribution in [0.4, 0.5) is 0 Å². The molecule has 2 fully saturated rings. The predicted molar refractivity (Wildman–Crippen MR) is 56.2 cm³/mol. The maximum atomic E-state index is 11.1. The van der Waals surface area contributed by atoms with E-state index in [1.165, 1.54) is 0 Å². The molecule has 0 aliphatic carbocycles. The van der Waals surface area contributed by atoms with Crippen molar-refractivity contribution in [3.05, 3.63) is 0 Å². The lowest BCUT2D eigenvalue weighted by Crippen LogP contribution is -2.39. The normalized spacial score (nSPS) is 31.9. The van der Waals surface area contributed by atoms with Gasteiger partial charge in [-0.15, -0.1) is 0 Å². The van der Waals surface area contributed by atoms with E-state index in [1.54, 1.807) is 0 Å². The Morgan fingerprint density at radius 1 is 1.38 bits per heavy atom. The van der Waals surface area contributed by atoms with Crippen LogP contribution >= 0.6 is 0 Å². The van der Waals surface area contributed by atoms with Gasteiger partial charge in [0.15, 0.2) is 6.10 Å². The summed E-state index contributed by atoms with van der Waals surface area (Å²) in [6.45, 7) is 2.34. The molecule has 16 heavy (non-hydrogen) atoms. The molecule has 1 N–H and O–H groups in total. The van der Waals surface area contributed by atoms with E-state index in [4.69, 9.17) is 9.84 Å². The van der Waals surface area contributed by atoms with Gasteiger partial charge in [-0.3, -0.25) is 9.69 Å². The first-order valence-corrected chi connectivity index (χ1v) is 5.77. The van der Waals surface area contributed by atoms with Crippen LogP contribution in [0.1, 0.15) is 25.7 Å². The molecule has 2 heterocycles. The monoisotopic (exact) mass is 227 g/mol. The molecule has 0 bridgehead atoms. The number of carboxylic acids is 1. The average Bonchev–Trinajstić information content (AvgIpc) is 2.70. The summed E-state index contributed by atoms with van der Waals surface area (Å²) in [6, 6.07) is 0. The fraction of sp³-hybridized carbons (Fsp3) is 0.818. The summed E-state index contributed by atoms with van der Waals surface area (Å²) in [7, 11) is 0. The molecule has 2 atom stereocenters. The summed E-state index contributed by atoms with van der Waals surface area (Å²) >= 11 is 0. The molecule has 0 saturated carbocycles. The molecule has 0 aromatic carbocycles. The van der Waals surface area contributed by atoms with Crippen molar-refractivity contribution in [2.24, 2.45) is 0 Å². The number of carbonyl (C=O) groups is 2. The minimum absolute atomic E-state index is 0.0225. The fourth-order valence-corrected chi connectivity index (χ4v) is 2.29. The summed E-state index contributed by atoms with van der Waals surface area (Å²) in [6.07, 6.45) is 2.05. The van der Waals surface area contributed by atoms with Gasteiger partial charge in [0.2, 0.25) is 0 Å². The van der Waals surface area contributed by atoms with E-state index in [0.29, 0.717) is 25.0 Å². The first kappa shape index (κ1) is 11.5. The van der Waals surface area contributed by atoms with Crippen molar-refractivity contribution in [3.8, 4) is 0 Å². The lowest BCUT2D eigenvalue weighted by molar-refractivity contribution is -0.149. The van der Waals surface area contributed by atoms with Crippen molar-refractivity contribution in [2.45, 2.75) is 37.9 Å². The number of carboxylic acid groups (broad SMARTS) is 1. The topological polar surface area (TPSA) is 66.8 Å². The van der Waals surface area contributed by atoms with Gasteiger partial charge in [0.25, 0.3) is 0 Å². The van der Waals surface area contributed by atoms with Crippen molar-refractivity contribution in [1.82, 2.24) is 4.90 Å². The minimum atomic E-state index is -0.865. The summed E-state index contributed by atoms with van der Waals surface area (Å²) in [5.74, 6) is -0.539. The summed E-state index contributed by atoms with van der Waals surface area (Å²) in [4.78, 5) is 23.9. The number of aliphatic carboxylic acids is 1. The van der Waals surface area contributed by atoms with Crippen molar-refractivity contribution in [3.63, 3.8) is 0 Å². The molecule has 0 amide bonds. The Kier molecular flexibility index (Phi) is 3.56. The number of piperidine rings is 1. The maximum Gasteiger partial charge on any atom is 0.332 e. The molecular weight excluding hydrogens is 210 g/mol. The molecule has 0 radical (unpaired) electrons. The largest absolute Gasteiger partial charge is 0.479 e. The molecule has 5 nitrogen and oxygen atoms in total. The molecule has 0 spiro atoms. The van der Waals surface area contributed by atoms with Gasteiger partial charge in [0.1, 0.15) is 5.78 Å².